The van der Waals surface area contributed by atoms with Crippen molar-refractivity contribution in [3.63, 3.8) is 0 Å². The summed E-state index contributed by atoms with van der Waals surface area (Å²) in [5, 5.41) is 22.3. The molecule has 0 spiro atoms. The molecule has 0 aliphatic carbocycles. The Morgan fingerprint density at radius 1 is 1.11 bits per heavy atom. The van der Waals surface area contributed by atoms with Crippen LogP contribution in [0.2, 0.25) is 18.1 Å². The van der Waals surface area contributed by atoms with E-state index in [2.05, 4.69) is 38.7 Å². The van der Waals surface area contributed by atoms with Gasteiger partial charge in [-0.1, -0.05) is 26.8 Å². The first-order valence-corrected chi connectivity index (χ1v) is 14.2. The van der Waals surface area contributed by atoms with Gasteiger partial charge in [-0.25, -0.2) is 4.85 Å². The molecule has 0 fully saturated rings. The second-order valence-electron chi connectivity index (χ2n) is 10.8. The molecule has 0 saturated heterocycles. The minimum atomic E-state index is -4.77. The maximum atomic E-state index is 13.6. The molecule has 4 rings (SSSR count). The van der Waals surface area contributed by atoms with E-state index < -0.39 is 48.7 Å². The van der Waals surface area contributed by atoms with Crippen LogP contribution in [-0.2, 0) is 26.5 Å². The van der Waals surface area contributed by atoms with Crippen molar-refractivity contribution in [1.82, 2.24) is 4.57 Å². The fraction of sp³-hybridized carbons (Fsp3) is 0.480. The van der Waals surface area contributed by atoms with Gasteiger partial charge in [0.25, 0.3) is 0 Å². The molecule has 2 unspecified atom stereocenters. The van der Waals surface area contributed by atoms with Crippen LogP contribution in [0.15, 0.2) is 30.4 Å². The number of aromatic nitrogens is 1. The third kappa shape index (κ3) is 3.77. The van der Waals surface area contributed by atoms with Crippen LogP contribution in [0.3, 0.4) is 0 Å². The molecule has 2 atom stereocenters. The van der Waals surface area contributed by atoms with Crippen LogP contribution in [0.5, 0.6) is 11.8 Å². The molecule has 0 amide bonds. The summed E-state index contributed by atoms with van der Waals surface area (Å²) in [5.41, 5.74) is -3.31. The monoisotopic (exact) mass is 506 g/mol. The molecule has 10 heteroatoms. The summed E-state index contributed by atoms with van der Waals surface area (Å²) in [6, 6.07) is 3.06. The smallest absolute Gasteiger partial charge is 0.407 e. The van der Waals surface area contributed by atoms with E-state index in [-0.39, 0.29) is 10.7 Å². The standard InChI is InChI=1S/C25H29F3N2O4Si/c1-22(2,3)35(6,7)33-13-12-24-11-10-23(4,34-24)18-19(24)21(32)30(20(18)31)15-8-9-17(29-5)16(14-15)25(26,27)28/h8-11,14,31-32H,12-13H2,1-4,6-7H3. The van der Waals surface area contributed by atoms with E-state index in [0.717, 1.165) is 16.7 Å². The Labute approximate surface area is 203 Å². The Morgan fingerprint density at radius 3 is 2.31 bits per heavy atom. The number of alkyl halides is 3. The number of ether oxygens (including phenoxy) is 1. The molecule has 2 N–H and O–H groups in total. The van der Waals surface area contributed by atoms with Crippen LogP contribution in [-0.4, -0.2) is 29.7 Å². The highest BCUT2D eigenvalue weighted by molar-refractivity contribution is 6.74. The highest BCUT2D eigenvalue weighted by atomic mass is 28.4. The first kappa shape index (κ1) is 25.4. The number of aromatic hydroxyl groups is 2. The van der Waals surface area contributed by atoms with E-state index in [0.29, 0.717) is 24.2 Å². The molecule has 2 aliphatic heterocycles. The molecule has 0 saturated carbocycles. The Hall–Kier alpha value is -2.74. The first-order valence-electron chi connectivity index (χ1n) is 11.3. The number of rotatable bonds is 5. The second-order valence-corrected chi connectivity index (χ2v) is 15.6. The van der Waals surface area contributed by atoms with Gasteiger partial charge in [-0.3, -0.25) is 4.57 Å². The van der Waals surface area contributed by atoms with Gasteiger partial charge in [-0.05, 0) is 49.3 Å². The summed E-state index contributed by atoms with van der Waals surface area (Å²) in [4.78, 5) is 2.95. The molecule has 2 aromatic rings. The fourth-order valence-electron chi connectivity index (χ4n) is 4.59. The molecular weight excluding hydrogens is 477 g/mol. The highest BCUT2D eigenvalue weighted by Crippen LogP contribution is 2.62. The first-order chi connectivity index (χ1) is 16.0. The lowest BCUT2D eigenvalue weighted by atomic mass is 9.83. The Balaban J connectivity index is 1.77. The molecular formula is C25H29F3N2O4Si. The van der Waals surface area contributed by atoms with Crippen molar-refractivity contribution in [3.8, 4) is 17.4 Å². The van der Waals surface area contributed by atoms with E-state index in [1.807, 2.05) is 6.08 Å². The fourth-order valence-corrected chi connectivity index (χ4v) is 5.64. The summed E-state index contributed by atoms with van der Waals surface area (Å²) in [7, 11) is -2.05. The number of hydrogen-bond acceptors (Lipinski definition) is 4. The predicted octanol–water partition coefficient (Wildman–Crippen LogP) is 6.88. The third-order valence-electron chi connectivity index (χ3n) is 7.51. The van der Waals surface area contributed by atoms with Crippen LogP contribution in [0, 0.1) is 6.57 Å². The average molecular weight is 507 g/mol. The number of fused-ring (bicyclic) bond motifs is 5. The van der Waals surface area contributed by atoms with Crippen molar-refractivity contribution in [3.05, 3.63) is 58.5 Å². The lowest BCUT2D eigenvalue weighted by Crippen LogP contribution is -2.41. The predicted molar refractivity (Wildman–Crippen MR) is 127 cm³/mol. The summed E-state index contributed by atoms with van der Waals surface area (Å²) >= 11 is 0. The van der Waals surface area contributed by atoms with Gasteiger partial charge in [0.1, 0.15) is 11.2 Å². The van der Waals surface area contributed by atoms with Crippen molar-refractivity contribution < 1.29 is 32.5 Å². The molecule has 188 valence electrons. The molecule has 1 aromatic carbocycles. The number of benzene rings is 1. The van der Waals surface area contributed by atoms with Crippen LogP contribution >= 0.6 is 0 Å². The lowest BCUT2D eigenvalue weighted by Gasteiger charge is -2.37. The highest BCUT2D eigenvalue weighted by Gasteiger charge is 2.58. The lowest BCUT2D eigenvalue weighted by molar-refractivity contribution is -0.136. The molecule has 0 radical (unpaired) electrons. The summed E-state index contributed by atoms with van der Waals surface area (Å²) in [5.74, 6) is -0.804. The van der Waals surface area contributed by atoms with E-state index in [4.69, 9.17) is 15.7 Å². The van der Waals surface area contributed by atoms with Crippen LogP contribution in [0.4, 0.5) is 18.9 Å². The Bertz CT molecular complexity index is 1270. The van der Waals surface area contributed by atoms with E-state index in [1.165, 1.54) is 6.07 Å². The number of halogens is 3. The van der Waals surface area contributed by atoms with Gasteiger partial charge in [0.15, 0.2) is 14.0 Å². The minimum Gasteiger partial charge on any atom is -0.494 e. The summed E-state index contributed by atoms with van der Waals surface area (Å²) in [6.07, 6.45) is -0.805. The maximum absolute atomic E-state index is 13.6. The molecule has 35 heavy (non-hydrogen) atoms. The second kappa shape index (κ2) is 7.63. The Kier molecular flexibility index (Phi) is 5.52. The van der Waals surface area contributed by atoms with E-state index >= 15 is 0 Å². The topological polar surface area (TPSA) is 68.2 Å². The molecule has 2 aliphatic rings. The van der Waals surface area contributed by atoms with Gasteiger partial charge < -0.3 is 19.4 Å². The van der Waals surface area contributed by atoms with Crippen molar-refractivity contribution in [2.75, 3.05) is 6.61 Å². The molecule has 2 bridgehead atoms. The quantitative estimate of drug-likeness (QED) is 0.264. The zero-order valence-electron chi connectivity index (χ0n) is 20.5. The third-order valence-corrected chi connectivity index (χ3v) is 12.1. The molecule has 3 heterocycles. The van der Waals surface area contributed by atoms with Gasteiger partial charge >= 0.3 is 6.18 Å². The number of hydrogen-bond donors (Lipinski definition) is 2. The van der Waals surface area contributed by atoms with Gasteiger partial charge in [0, 0.05) is 13.0 Å². The molecule has 6 nitrogen and oxygen atoms in total. The summed E-state index contributed by atoms with van der Waals surface area (Å²) < 4.78 is 54.2. The van der Waals surface area contributed by atoms with Crippen LogP contribution < -0.4 is 0 Å². The van der Waals surface area contributed by atoms with Crippen molar-refractivity contribution in [2.24, 2.45) is 0 Å². The Morgan fingerprint density at radius 2 is 1.74 bits per heavy atom. The van der Waals surface area contributed by atoms with Crippen molar-refractivity contribution in [1.29, 1.82) is 0 Å². The zero-order chi connectivity index (χ0) is 26.2. The van der Waals surface area contributed by atoms with E-state index in [9.17, 15) is 23.4 Å². The van der Waals surface area contributed by atoms with Crippen LogP contribution in [0.25, 0.3) is 10.5 Å². The molecule has 1 aromatic heterocycles. The van der Waals surface area contributed by atoms with Crippen molar-refractivity contribution in [2.45, 2.75) is 69.6 Å². The van der Waals surface area contributed by atoms with Gasteiger partial charge in [-0.15, -0.1) is 0 Å². The van der Waals surface area contributed by atoms with E-state index in [1.54, 1.807) is 13.0 Å². The minimum absolute atomic E-state index is 0.00378. The number of nitrogens with zero attached hydrogens (tertiary/aromatic N) is 2. The van der Waals surface area contributed by atoms with Crippen molar-refractivity contribution >= 4 is 14.0 Å². The van der Waals surface area contributed by atoms with Crippen LogP contribution in [0.1, 0.15) is 50.8 Å². The largest absolute Gasteiger partial charge is 0.494 e. The maximum Gasteiger partial charge on any atom is 0.407 e. The van der Waals surface area contributed by atoms with Gasteiger partial charge in [0.05, 0.1) is 28.9 Å². The average Bonchev–Trinajstić information content (AvgIpc) is 3.30. The zero-order valence-corrected chi connectivity index (χ0v) is 21.5. The SMILES string of the molecule is [C-]#[N+]c1ccc(-n2c(O)c3c(c2O)C2(CCO[Si](C)(C)C(C)(C)C)C=CC3(C)O2)cc1C(F)(F)F. The van der Waals surface area contributed by atoms with Gasteiger partial charge in [-0.2, -0.15) is 13.2 Å². The normalized spacial score (nSPS) is 23.5. The van der Waals surface area contributed by atoms with Gasteiger partial charge in [0.2, 0.25) is 11.8 Å². The summed E-state index contributed by atoms with van der Waals surface area (Å²) in [6.45, 7) is 19.8.